The smallest absolute Gasteiger partial charge is 0.411 e. The lowest BCUT2D eigenvalue weighted by Crippen LogP contribution is -2.14. The molecule has 0 radical (unpaired) electrons. The lowest BCUT2D eigenvalue weighted by atomic mass is 10.0. The van der Waals surface area contributed by atoms with E-state index in [0.29, 0.717) is 6.04 Å². The number of amides is 1. The molecule has 4 heteroatoms. The monoisotopic (exact) mass is 312 g/mol. The van der Waals surface area contributed by atoms with Crippen LogP contribution in [0.4, 0.5) is 16.2 Å². The highest BCUT2D eigenvalue weighted by atomic mass is 16.5. The number of para-hydroxylation sites is 1. The third kappa shape index (κ3) is 5.02. The minimum atomic E-state index is -0.447. The Kier molecular flexibility index (Phi) is 5.63. The van der Waals surface area contributed by atoms with Crippen molar-refractivity contribution in [3.05, 3.63) is 59.2 Å². The molecule has 0 aliphatic heterocycles. The molecule has 0 unspecified atom stereocenters. The van der Waals surface area contributed by atoms with Gasteiger partial charge in [0.15, 0.2) is 0 Å². The van der Waals surface area contributed by atoms with E-state index in [4.69, 9.17) is 4.74 Å². The zero-order valence-electron chi connectivity index (χ0n) is 14.1. The summed E-state index contributed by atoms with van der Waals surface area (Å²) >= 11 is 0. The first kappa shape index (κ1) is 16.9. The predicted molar refractivity (Wildman–Crippen MR) is 94.9 cm³/mol. The fourth-order valence-corrected chi connectivity index (χ4v) is 2.32. The zero-order valence-corrected chi connectivity index (χ0v) is 14.1. The lowest BCUT2D eigenvalue weighted by Gasteiger charge is -2.16. The molecule has 0 saturated carbocycles. The van der Waals surface area contributed by atoms with E-state index in [1.165, 1.54) is 0 Å². The van der Waals surface area contributed by atoms with E-state index in [1.807, 2.05) is 37.3 Å². The van der Waals surface area contributed by atoms with Crippen molar-refractivity contribution in [1.29, 1.82) is 0 Å². The van der Waals surface area contributed by atoms with Crippen LogP contribution in [0, 0.1) is 13.8 Å². The first-order chi connectivity index (χ1) is 11.0. The summed E-state index contributed by atoms with van der Waals surface area (Å²) in [5.74, 6) is 0. The summed E-state index contributed by atoms with van der Waals surface area (Å²) in [6.07, 6.45) is -0.447. The van der Waals surface area contributed by atoms with E-state index >= 15 is 0 Å². The van der Waals surface area contributed by atoms with Crippen molar-refractivity contribution >= 4 is 17.5 Å². The number of hydrogen-bond acceptors (Lipinski definition) is 3. The third-order valence-corrected chi connectivity index (χ3v) is 3.51. The van der Waals surface area contributed by atoms with Gasteiger partial charge < -0.3 is 10.1 Å². The molecule has 0 aliphatic carbocycles. The second-order valence-electron chi connectivity index (χ2n) is 5.96. The molecule has 122 valence electrons. The number of rotatable bonds is 5. The number of anilines is 2. The van der Waals surface area contributed by atoms with E-state index in [9.17, 15) is 4.79 Å². The summed E-state index contributed by atoms with van der Waals surface area (Å²) in [7, 11) is 0. The fourth-order valence-electron chi connectivity index (χ4n) is 2.32. The average molecular weight is 312 g/mol. The van der Waals surface area contributed by atoms with Gasteiger partial charge in [0, 0.05) is 17.4 Å². The van der Waals surface area contributed by atoms with Crippen LogP contribution in [0.2, 0.25) is 0 Å². The second kappa shape index (κ2) is 7.68. The first-order valence-electron chi connectivity index (χ1n) is 7.81. The van der Waals surface area contributed by atoms with Gasteiger partial charge in [0.1, 0.15) is 6.61 Å². The summed E-state index contributed by atoms with van der Waals surface area (Å²) in [5, 5.41) is 6.13. The molecule has 0 heterocycles. The van der Waals surface area contributed by atoms with Crippen LogP contribution in [-0.4, -0.2) is 12.1 Å². The molecular formula is C19H24N2O2. The summed E-state index contributed by atoms with van der Waals surface area (Å²) < 4.78 is 5.32. The molecule has 0 aromatic heterocycles. The van der Waals surface area contributed by atoms with Crippen molar-refractivity contribution in [1.82, 2.24) is 0 Å². The van der Waals surface area contributed by atoms with Gasteiger partial charge in [-0.3, -0.25) is 5.32 Å². The van der Waals surface area contributed by atoms with Crippen LogP contribution >= 0.6 is 0 Å². The van der Waals surface area contributed by atoms with E-state index in [0.717, 1.165) is 28.1 Å². The number of aryl methyl sites for hydroxylation is 2. The molecule has 2 aromatic rings. The van der Waals surface area contributed by atoms with Crippen molar-refractivity contribution in [3.63, 3.8) is 0 Å². The normalized spacial score (nSPS) is 10.5. The van der Waals surface area contributed by atoms with Gasteiger partial charge in [-0.15, -0.1) is 0 Å². The van der Waals surface area contributed by atoms with Gasteiger partial charge >= 0.3 is 6.09 Å². The van der Waals surface area contributed by atoms with Crippen molar-refractivity contribution in [2.75, 3.05) is 10.6 Å². The van der Waals surface area contributed by atoms with E-state index in [1.54, 1.807) is 0 Å². The standard InChI is InChI=1S/C19H24N2O2/c1-13(2)20-18-11-14(3)16(10-15(18)4)12-23-19(22)21-17-8-6-5-7-9-17/h5-11,13,20H,12H2,1-4H3,(H,21,22). The summed E-state index contributed by atoms with van der Waals surface area (Å²) in [6.45, 7) is 8.56. The Balaban J connectivity index is 1.97. The minimum Gasteiger partial charge on any atom is -0.444 e. The second-order valence-corrected chi connectivity index (χ2v) is 5.96. The molecule has 0 bridgehead atoms. The van der Waals surface area contributed by atoms with Gasteiger partial charge in [0.25, 0.3) is 0 Å². The highest BCUT2D eigenvalue weighted by Gasteiger charge is 2.08. The lowest BCUT2D eigenvalue weighted by molar-refractivity contribution is 0.155. The predicted octanol–water partition coefficient (Wildman–Crippen LogP) is 4.87. The van der Waals surface area contributed by atoms with Gasteiger partial charge in [0.2, 0.25) is 0 Å². The quantitative estimate of drug-likeness (QED) is 0.828. The van der Waals surface area contributed by atoms with E-state index < -0.39 is 6.09 Å². The molecule has 23 heavy (non-hydrogen) atoms. The van der Waals surface area contributed by atoms with Crippen LogP contribution in [0.5, 0.6) is 0 Å². The molecule has 0 fully saturated rings. The summed E-state index contributed by atoms with van der Waals surface area (Å²) in [4.78, 5) is 11.8. The van der Waals surface area contributed by atoms with Crippen LogP contribution < -0.4 is 10.6 Å². The molecule has 2 N–H and O–H groups in total. The number of carbonyl (C=O) groups is 1. The number of hydrogen-bond donors (Lipinski definition) is 2. The number of carbonyl (C=O) groups excluding carboxylic acids is 1. The molecule has 1 amide bonds. The summed E-state index contributed by atoms with van der Waals surface area (Å²) in [5.41, 5.74) is 5.11. The Morgan fingerprint density at radius 3 is 2.43 bits per heavy atom. The topological polar surface area (TPSA) is 50.4 Å². The van der Waals surface area contributed by atoms with Gasteiger partial charge in [-0.25, -0.2) is 4.79 Å². The van der Waals surface area contributed by atoms with Crippen LogP contribution in [0.15, 0.2) is 42.5 Å². The maximum Gasteiger partial charge on any atom is 0.411 e. The highest BCUT2D eigenvalue weighted by Crippen LogP contribution is 2.22. The number of nitrogens with one attached hydrogen (secondary N) is 2. The molecule has 2 rings (SSSR count). The van der Waals surface area contributed by atoms with Crippen LogP contribution in [0.1, 0.15) is 30.5 Å². The maximum atomic E-state index is 11.8. The van der Waals surface area contributed by atoms with Crippen molar-refractivity contribution < 1.29 is 9.53 Å². The molecule has 2 aromatic carbocycles. The Morgan fingerprint density at radius 2 is 1.78 bits per heavy atom. The van der Waals surface area contributed by atoms with E-state index in [-0.39, 0.29) is 6.61 Å². The largest absolute Gasteiger partial charge is 0.444 e. The number of ether oxygens (including phenoxy) is 1. The van der Waals surface area contributed by atoms with Crippen molar-refractivity contribution in [2.24, 2.45) is 0 Å². The molecule has 0 aliphatic rings. The Bertz CT molecular complexity index is 667. The Morgan fingerprint density at radius 1 is 1.09 bits per heavy atom. The van der Waals surface area contributed by atoms with Crippen LogP contribution in [0.25, 0.3) is 0 Å². The molecule has 0 atom stereocenters. The SMILES string of the molecule is Cc1cc(NC(C)C)c(C)cc1COC(=O)Nc1ccccc1. The van der Waals surface area contributed by atoms with Crippen LogP contribution in [0.3, 0.4) is 0 Å². The summed E-state index contributed by atoms with van der Waals surface area (Å²) in [6, 6.07) is 13.8. The number of benzene rings is 2. The zero-order chi connectivity index (χ0) is 16.8. The van der Waals surface area contributed by atoms with Crippen molar-refractivity contribution in [2.45, 2.75) is 40.3 Å². The van der Waals surface area contributed by atoms with Gasteiger partial charge in [-0.05, 0) is 62.6 Å². The Hall–Kier alpha value is -2.49. The molecule has 0 saturated heterocycles. The molecule has 0 spiro atoms. The Labute approximate surface area is 137 Å². The molecule has 4 nitrogen and oxygen atoms in total. The van der Waals surface area contributed by atoms with Gasteiger partial charge in [-0.2, -0.15) is 0 Å². The third-order valence-electron chi connectivity index (χ3n) is 3.51. The first-order valence-corrected chi connectivity index (χ1v) is 7.81. The fraction of sp³-hybridized carbons (Fsp3) is 0.316. The minimum absolute atomic E-state index is 0.257. The van der Waals surface area contributed by atoms with Gasteiger partial charge in [0.05, 0.1) is 0 Å². The molecular weight excluding hydrogens is 288 g/mol. The van der Waals surface area contributed by atoms with Crippen LogP contribution in [-0.2, 0) is 11.3 Å². The maximum absolute atomic E-state index is 11.8. The van der Waals surface area contributed by atoms with E-state index in [2.05, 4.69) is 43.5 Å². The highest BCUT2D eigenvalue weighted by molar-refractivity contribution is 5.84. The van der Waals surface area contributed by atoms with Crippen molar-refractivity contribution in [3.8, 4) is 0 Å². The van der Waals surface area contributed by atoms with Gasteiger partial charge in [-0.1, -0.05) is 24.3 Å². The average Bonchev–Trinajstić information content (AvgIpc) is 2.50.